The van der Waals surface area contributed by atoms with Crippen molar-refractivity contribution in [3.63, 3.8) is 0 Å². The second-order valence-electron chi connectivity index (χ2n) is 4.62. The van der Waals surface area contributed by atoms with Gasteiger partial charge in [-0.2, -0.15) is 0 Å². The highest BCUT2D eigenvalue weighted by Gasteiger charge is 2.20. The standard InChI is InChI=1S/C14H14N2O2/c17-13-7-6-11-10(3-1-4-12(11)15-13)9-16-8-2-5-14(16)18/h1,3-4,6-7H,2,5,8-9H2,(H,15,17). The Kier molecular flexibility index (Phi) is 2.63. The Morgan fingerprint density at radius 2 is 2.06 bits per heavy atom. The van der Waals surface area contributed by atoms with Gasteiger partial charge in [-0.05, 0) is 24.1 Å². The number of carbonyl (C=O) groups excluding carboxylic acids is 1. The van der Waals surface area contributed by atoms with Crippen LogP contribution in [0.25, 0.3) is 10.9 Å². The predicted octanol–water partition coefficient (Wildman–Crippen LogP) is 1.65. The van der Waals surface area contributed by atoms with E-state index >= 15 is 0 Å². The molecule has 1 aromatic heterocycles. The molecule has 3 rings (SSSR count). The summed E-state index contributed by atoms with van der Waals surface area (Å²) < 4.78 is 0. The van der Waals surface area contributed by atoms with E-state index in [9.17, 15) is 9.59 Å². The fourth-order valence-electron chi connectivity index (χ4n) is 2.47. The number of H-pyrrole nitrogens is 1. The van der Waals surface area contributed by atoms with Crippen LogP contribution in [0.15, 0.2) is 35.1 Å². The Hall–Kier alpha value is -2.10. The largest absolute Gasteiger partial charge is 0.338 e. The lowest BCUT2D eigenvalue weighted by Gasteiger charge is -2.16. The van der Waals surface area contributed by atoms with Crippen molar-refractivity contribution < 1.29 is 4.79 Å². The zero-order valence-electron chi connectivity index (χ0n) is 9.98. The lowest BCUT2D eigenvalue weighted by atomic mass is 10.1. The number of rotatable bonds is 2. The molecule has 1 amide bonds. The van der Waals surface area contributed by atoms with Crippen molar-refractivity contribution in [2.45, 2.75) is 19.4 Å². The molecule has 4 heteroatoms. The van der Waals surface area contributed by atoms with Crippen molar-refractivity contribution in [3.8, 4) is 0 Å². The van der Waals surface area contributed by atoms with Gasteiger partial charge in [0.2, 0.25) is 11.5 Å². The summed E-state index contributed by atoms with van der Waals surface area (Å²) in [5, 5.41) is 1.01. The molecule has 0 bridgehead atoms. The number of nitrogens with one attached hydrogen (secondary N) is 1. The molecule has 0 aliphatic carbocycles. The van der Waals surface area contributed by atoms with Gasteiger partial charge in [-0.3, -0.25) is 9.59 Å². The average molecular weight is 242 g/mol. The van der Waals surface area contributed by atoms with Gasteiger partial charge in [0.15, 0.2) is 0 Å². The summed E-state index contributed by atoms with van der Waals surface area (Å²) >= 11 is 0. The molecule has 4 nitrogen and oxygen atoms in total. The SMILES string of the molecule is O=C1CCCN1Cc1cccc2[nH]c(=O)ccc12. The predicted molar refractivity (Wildman–Crippen MR) is 69.2 cm³/mol. The number of pyridine rings is 1. The summed E-state index contributed by atoms with van der Waals surface area (Å²) in [6.07, 6.45) is 1.60. The van der Waals surface area contributed by atoms with Crippen molar-refractivity contribution in [3.05, 3.63) is 46.2 Å². The molecular weight excluding hydrogens is 228 g/mol. The number of benzene rings is 1. The first-order valence-corrected chi connectivity index (χ1v) is 6.13. The molecule has 2 heterocycles. The minimum Gasteiger partial charge on any atom is -0.338 e. The highest BCUT2D eigenvalue weighted by atomic mass is 16.2. The molecule has 92 valence electrons. The second-order valence-corrected chi connectivity index (χ2v) is 4.62. The normalized spacial score (nSPS) is 15.6. The molecular formula is C14H14N2O2. The molecule has 0 spiro atoms. The molecule has 1 aliphatic rings. The van der Waals surface area contributed by atoms with Gasteiger partial charge < -0.3 is 9.88 Å². The number of aromatic nitrogens is 1. The van der Waals surface area contributed by atoms with Gasteiger partial charge in [0, 0.05) is 36.5 Å². The summed E-state index contributed by atoms with van der Waals surface area (Å²) in [6.45, 7) is 1.46. The minimum absolute atomic E-state index is 0.100. The number of aromatic amines is 1. The number of amides is 1. The van der Waals surface area contributed by atoms with Crippen LogP contribution in [0.3, 0.4) is 0 Å². The quantitative estimate of drug-likeness (QED) is 0.870. The fraction of sp³-hybridized carbons (Fsp3) is 0.286. The number of hydrogen-bond acceptors (Lipinski definition) is 2. The first-order chi connectivity index (χ1) is 8.74. The number of nitrogens with zero attached hydrogens (tertiary/aromatic N) is 1. The topological polar surface area (TPSA) is 53.2 Å². The first kappa shape index (κ1) is 11.0. The molecule has 0 saturated carbocycles. The zero-order chi connectivity index (χ0) is 12.5. The van der Waals surface area contributed by atoms with Gasteiger partial charge in [-0.15, -0.1) is 0 Å². The van der Waals surface area contributed by atoms with Crippen LogP contribution in [0.5, 0.6) is 0 Å². The van der Waals surface area contributed by atoms with Crippen LogP contribution in [-0.4, -0.2) is 22.3 Å². The third-order valence-corrected chi connectivity index (χ3v) is 3.39. The molecule has 1 aliphatic heterocycles. The Balaban J connectivity index is 2.01. The molecule has 1 fully saturated rings. The van der Waals surface area contributed by atoms with Gasteiger partial charge in [0.25, 0.3) is 0 Å². The molecule has 18 heavy (non-hydrogen) atoms. The van der Waals surface area contributed by atoms with Crippen LogP contribution < -0.4 is 5.56 Å². The number of hydrogen-bond donors (Lipinski definition) is 1. The molecule has 1 saturated heterocycles. The smallest absolute Gasteiger partial charge is 0.248 e. The van der Waals surface area contributed by atoms with E-state index in [1.807, 2.05) is 29.2 Å². The summed E-state index contributed by atoms with van der Waals surface area (Å²) in [4.78, 5) is 27.6. The van der Waals surface area contributed by atoms with Crippen molar-refractivity contribution in [2.24, 2.45) is 0 Å². The van der Waals surface area contributed by atoms with Gasteiger partial charge in [0.1, 0.15) is 0 Å². The van der Waals surface area contributed by atoms with E-state index < -0.39 is 0 Å². The van der Waals surface area contributed by atoms with Gasteiger partial charge in [-0.1, -0.05) is 12.1 Å². The van der Waals surface area contributed by atoms with E-state index in [1.165, 1.54) is 6.07 Å². The number of fused-ring (bicyclic) bond motifs is 1. The lowest BCUT2D eigenvalue weighted by molar-refractivity contribution is -0.128. The summed E-state index contributed by atoms with van der Waals surface area (Å²) in [6, 6.07) is 9.15. The van der Waals surface area contributed by atoms with Crippen LogP contribution >= 0.6 is 0 Å². The van der Waals surface area contributed by atoms with Crippen LogP contribution in [-0.2, 0) is 11.3 Å². The zero-order valence-corrected chi connectivity index (χ0v) is 9.98. The summed E-state index contributed by atoms with van der Waals surface area (Å²) in [7, 11) is 0. The van der Waals surface area contributed by atoms with Crippen LogP contribution in [0.1, 0.15) is 18.4 Å². The van der Waals surface area contributed by atoms with Crippen molar-refractivity contribution in [1.29, 1.82) is 0 Å². The van der Waals surface area contributed by atoms with Gasteiger partial charge >= 0.3 is 0 Å². The maximum atomic E-state index is 11.6. The Labute approximate surface area is 104 Å². The molecule has 0 unspecified atom stereocenters. The van der Waals surface area contributed by atoms with E-state index in [0.717, 1.165) is 29.4 Å². The first-order valence-electron chi connectivity index (χ1n) is 6.13. The third-order valence-electron chi connectivity index (χ3n) is 3.39. The molecule has 0 atom stereocenters. The summed E-state index contributed by atoms with van der Waals surface area (Å²) in [5.41, 5.74) is 1.81. The van der Waals surface area contributed by atoms with E-state index in [0.29, 0.717) is 13.0 Å². The van der Waals surface area contributed by atoms with E-state index in [-0.39, 0.29) is 11.5 Å². The molecule has 0 radical (unpaired) electrons. The van der Waals surface area contributed by atoms with Crippen LogP contribution in [0.4, 0.5) is 0 Å². The maximum Gasteiger partial charge on any atom is 0.248 e. The Bertz CT molecular complexity index is 660. The highest BCUT2D eigenvalue weighted by Crippen LogP contribution is 2.20. The minimum atomic E-state index is -0.100. The fourth-order valence-corrected chi connectivity index (χ4v) is 2.47. The summed E-state index contributed by atoms with van der Waals surface area (Å²) in [5.74, 6) is 0.219. The second kappa shape index (κ2) is 4.29. The highest BCUT2D eigenvalue weighted by molar-refractivity contribution is 5.83. The Morgan fingerprint density at radius 1 is 1.17 bits per heavy atom. The van der Waals surface area contributed by atoms with Gasteiger partial charge in [-0.25, -0.2) is 0 Å². The monoisotopic (exact) mass is 242 g/mol. The number of likely N-dealkylation sites (tertiary alicyclic amines) is 1. The van der Waals surface area contributed by atoms with Crippen LogP contribution in [0.2, 0.25) is 0 Å². The maximum absolute atomic E-state index is 11.6. The molecule has 1 aromatic carbocycles. The van der Waals surface area contributed by atoms with Crippen molar-refractivity contribution in [1.82, 2.24) is 9.88 Å². The lowest BCUT2D eigenvalue weighted by Crippen LogP contribution is -2.24. The third kappa shape index (κ3) is 1.90. The van der Waals surface area contributed by atoms with Crippen molar-refractivity contribution in [2.75, 3.05) is 6.54 Å². The van der Waals surface area contributed by atoms with Gasteiger partial charge in [0.05, 0.1) is 0 Å². The Morgan fingerprint density at radius 3 is 2.83 bits per heavy atom. The van der Waals surface area contributed by atoms with E-state index in [1.54, 1.807) is 0 Å². The molecule has 2 aromatic rings. The number of carbonyl (C=O) groups is 1. The van der Waals surface area contributed by atoms with E-state index in [4.69, 9.17) is 0 Å². The van der Waals surface area contributed by atoms with Crippen LogP contribution in [0, 0.1) is 0 Å². The average Bonchev–Trinajstić information content (AvgIpc) is 2.75. The van der Waals surface area contributed by atoms with E-state index in [2.05, 4.69) is 4.98 Å². The molecule has 1 N–H and O–H groups in total. The van der Waals surface area contributed by atoms with Crippen molar-refractivity contribution >= 4 is 16.8 Å².